The maximum atomic E-state index is 3.86. The minimum absolute atomic E-state index is 0.876. The highest BCUT2D eigenvalue weighted by atomic mass is 15.1. The summed E-state index contributed by atoms with van der Waals surface area (Å²) in [5.41, 5.74) is 9.64. The van der Waals surface area contributed by atoms with E-state index in [1.807, 2.05) is 13.0 Å². The van der Waals surface area contributed by atoms with Gasteiger partial charge < -0.3 is 4.90 Å². The van der Waals surface area contributed by atoms with E-state index < -0.39 is 0 Å². The average molecular weight is 446 g/mol. The Morgan fingerprint density at radius 3 is 1.85 bits per heavy atom. The van der Waals surface area contributed by atoms with Crippen molar-refractivity contribution in [3.05, 3.63) is 144 Å². The number of benzene rings is 3. The maximum Gasteiger partial charge on any atom is 0.0458 e. The molecule has 34 heavy (non-hydrogen) atoms. The summed E-state index contributed by atoms with van der Waals surface area (Å²) in [6.07, 6.45) is 13.5. The third-order valence-corrected chi connectivity index (χ3v) is 5.90. The Kier molecular flexibility index (Phi) is 9.05. The fourth-order valence-electron chi connectivity index (χ4n) is 3.76. The molecule has 0 aromatic heterocycles. The van der Waals surface area contributed by atoms with Gasteiger partial charge in [0, 0.05) is 17.1 Å². The molecule has 0 atom stereocenters. The number of allylic oxidation sites excluding steroid dienone is 9. The second kappa shape index (κ2) is 12.4. The van der Waals surface area contributed by atoms with Crippen LogP contribution in [0.3, 0.4) is 0 Å². The van der Waals surface area contributed by atoms with Crippen molar-refractivity contribution in [1.29, 1.82) is 0 Å². The molecule has 0 aliphatic heterocycles. The monoisotopic (exact) mass is 445 g/mol. The molecule has 1 heteroatoms. The standard InChI is InChI=1S/C33H35N/c1-6-8-13-26(3)27(4)16-17-28(5)34(32-22-18-29(12-7-2)19-23-32)33-24-20-31(21-25-33)30-14-10-9-11-15-30/h6-11,13-25H,2,12H2,1,3-5H3/b8-6-,26-13+,27-16+,28-17+. The first-order chi connectivity index (χ1) is 16.5. The van der Waals surface area contributed by atoms with Gasteiger partial charge in [-0.05, 0) is 92.3 Å². The third kappa shape index (κ3) is 6.59. The summed E-state index contributed by atoms with van der Waals surface area (Å²) >= 11 is 0. The molecule has 172 valence electrons. The van der Waals surface area contributed by atoms with Gasteiger partial charge in [0.2, 0.25) is 0 Å². The van der Waals surface area contributed by atoms with Gasteiger partial charge in [0.05, 0.1) is 0 Å². The summed E-state index contributed by atoms with van der Waals surface area (Å²) in [5, 5.41) is 0. The molecule has 0 heterocycles. The van der Waals surface area contributed by atoms with Crippen molar-refractivity contribution in [2.24, 2.45) is 0 Å². The molecular formula is C33H35N. The molecule has 0 fully saturated rings. The third-order valence-electron chi connectivity index (χ3n) is 5.90. The quantitative estimate of drug-likeness (QED) is 0.234. The fourth-order valence-corrected chi connectivity index (χ4v) is 3.76. The van der Waals surface area contributed by atoms with Gasteiger partial charge in [0.15, 0.2) is 0 Å². The van der Waals surface area contributed by atoms with Crippen LogP contribution in [0.1, 0.15) is 33.3 Å². The predicted molar refractivity (Wildman–Crippen MR) is 150 cm³/mol. The maximum absolute atomic E-state index is 3.86. The topological polar surface area (TPSA) is 3.24 Å². The van der Waals surface area contributed by atoms with E-state index in [4.69, 9.17) is 0 Å². The van der Waals surface area contributed by atoms with E-state index in [0.29, 0.717) is 0 Å². The summed E-state index contributed by atoms with van der Waals surface area (Å²) in [7, 11) is 0. The van der Waals surface area contributed by atoms with Gasteiger partial charge in [-0.2, -0.15) is 0 Å². The Bertz CT molecular complexity index is 1190. The molecular weight excluding hydrogens is 410 g/mol. The van der Waals surface area contributed by atoms with E-state index in [-0.39, 0.29) is 0 Å². The number of hydrogen-bond acceptors (Lipinski definition) is 1. The SMILES string of the molecule is C=CCc1ccc(N(/C(C)=C/C=C(C)/C(C)=C/C=C\C)c2ccc(-c3ccccc3)cc2)cc1. The smallest absolute Gasteiger partial charge is 0.0458 e. The first-order valence-corrected chi connectivity index (χ1v) is 11.8. The van der Waals surface area contributed by atoms with Gasteiger partial charge in [-0.3, -0.25) is 0 Å². The Morgan fingerprint density at radius 2 is 1.26 bits per heavy atom. The van der Waals surface area contributed by atoms with Crippen LogP contribution in [0, 0.1) is 0 Å². The Morgan fingerprint density at radius 1 is 0.706 bits per heavy atom. The van der Waals surface area contributed by atoms with Crippen molar-refractivity contribution in [3.63, 3.8) is 0 Å². The Balaban J connectivity index is 1.99. The van der Waals surface area contributed by atoms with Crippen LogP contribution in [0.2, 0.25) is 0 Å². The van der Waals surface area contributed by atoms with Crippen LogP contribution in [-0.2, 0) is 6.42 Å². The van der Waals surface area contributed by atoms with Crippen LogP contribution in [0.5, 0.6) is 0 Å². The molecule has 0 aliphatic rings. The molecule has 0 saturated heterocycles. The van der Waals surface area contributed by atoms with Crippen molar-refractivity contribution in [1.82, 2.24) is 0 Å². The molecule has 0 amide bonds. The first-order valence-electron chi connectivity index (χ1n) is 11.8. The summed E-state index contributed by atoms with van der Waals surface area (Å²) in [6, 6.07) is 28.0. The lowest BCUT2D eigenvalue weighted by Gasteiger charge is -2.26. The largest absolute Gasteiger partial charge is 0.315 e. The number of nitrogens with zero attached hydrogens (tertiary/aromatic N) is 1. The lowest BCUT2D eigenvalue weighted by atomic mass is 10.0. The molecule has 3 aromatic carbocycles. The van der Waals surface area contributed by atoms with E-state index >= 15 is 0 Å². The van der Waals surface area contributed by atoms with Crippen molar-refractivity contribution in [2.45, 2.75) is 34.1 Å². The summed E-state index contributed by atoms with van der Waals surface area (Å²) < 4.78 is 0. The summed E-state index contributed by atoms with van der Waals surface area (Å²) in [6.45, 7) is 12.4. The van der Waals surface area contributed by atoms with E-state index in [0.717, 1.165) is 23.5 Å². The van der Waals surface area contributed by atoms with Crippen molar-refractivity contribution < 1.29 is 0 Å². The number of rotatable bonds is 9. The highest BCUT2D eigenvalue weighted by molar-refractivity contribution is 5.72. The second-order valence-electron chi connectivity index (χ2n) is 8.44. The minimum Gasteiger partial charge on any atom is -0.315 e. The zero-order valence-corrected chi connectivity index (χ0v) is 20.8. The van der Waals surface area contributed by atoms with Gasteiger partial charge in [-0.25, -0.2) is 0 Å². The van der Waals surface area contributed by atoms with Crippen LogP contribution in [0.15, 0.2) is 139 Å². The number of hydrogen-bond donors (Lipinski definition) is 0. The molecule has 0 radical (unpaired) electrons. The van der Waals surface area contributed by atoms with Gasteiger partial charge >= 0.3 is 0 Å². The van der Waals surface area contributed by atoms with Crippen LogP contribution in [-0.4, -0.2) is 0 Å². The van der Waals surface area contributed by atoms with Crippen LogP contribution in [0.4, 0.5) is 11.4 Å². The first kappa shape index (κ1) is 24.8. The number of anilines is 2. The lowest BCUT2D eigenvalue weighted by Crippen LogP contribution is -2.14. The second-order valence-corrected chi connectivity index (χ2v) is 8.44. The van der Waals surface area contributed by atoms with Gasteiger partial charge in [-0.1, -0.05) is 85.0 Å². The van der Waals surface area contributed by atoms with Crippen molar-refractivity contribution in [2.75, 3.05) is 4.90 Å². The zero-order chi connectivity index (χ0) is 24.3. The molecule has 0 unspecified atom stereocenters. The predicted octanol–water partition coefficient (Wildman–Crippen LogP) is 9.59. The molecule has 0 N–H and O–H groups in total. The molecule has 3 aromatic rings. The van der Waals surface area contributed by atoms with E-state index in [1.165, 1.54) is 27.8 Å². The van der Waals surface area contributed by atoms with Gasteiger partial charge in [-0.15, -0.1) is 6.58 Å². The van der Waals surface area contributed by atoms with E-state index in [2.05, 4.69) is 141 Å². The van der Waals surface area contributed by atoms with Gasteiger partial charge in [0.1, 0.15) is 0 Å². The zero-order valence-electron chi connectivity index (χ0n) is 20.8. The highest BCUT2D eigenvalue weighted by Crippen LogP contribution is 2.32. The fraction of sp³-hybridized carbons (Fsp3) is 0.152. The molecule has 0 spiro atoms. The Hall–Kier alpha value is -3.84. The van der Waals surface area contributed by atoms with Crippen molar-refractivity contribution in [3.8, 4) is 11.1 Å². The van der Waals surface area contributed by atoms with Crippen LogP contribution >= 0.6 is 0 Å². The molecule has 0 saturated carbocycles. The van der Waals surface area contributed by atoms with Crippen LogP contribution in [0.25, 0.3) is 11.1 Å². The highest BCUT2D eigenvalue weighted by Gasteiger charge is 2.12. The summed E-state index contributed by atoms with van der Waals surface area (Å²) in [5.74, 6) is 0. The molecule has 0 aliphatic carbocycles. The lowest BCUT2D eigenvalue weighted by molar-refractivity contribution is 1.15. The molecule has 3 rings (SSSR count). The van der Waals surface area contributed by atoms with E-state index in [1.54, 1.807) is 0 Å². The molecule has 0 bridgehead atoms. The van der Waals surface area contributed by atoms with Crippen molar-refractivity contribution >= 4 is 11.4 Å². The summed E-state index contributed by atoms with van der Waals surface area (Å²) in [4.78, 5) is 2.31. The normalized spacial score (nSPS) is 12.8. The Labute approximate surface area is 205 Å². The molecule has 1 nitrogen and oxygen atoms in total. The van der Waals surface area contributed by atoms with E-state index in [9.17, 15) is 0 Å². The minimum atomic E-state index is 0.876. The van der Waals surface area contributed by atoms with Gasteiger partial charge in [0.25, 0.3) is 0 Å². The van der Waals surface area contributed by atoms with Crippen LogP contribution < -0.4 is 4.90 Å². The average Bonchev–Trinajstić information content (AvgIpc) is 2.88.